The van der Waals surface area contributed by atoms with Crippen molar-refractivity contribution in [1.29, 1.82) is 0 Å². The first-order valence-corrected chi connectivity index (χ1v) is 7.29. The van der Waals surface area contributed by atoms with Gasteiger partial charge in [-0.1, -0.05) is 35.3 Å². The fourth-order valence-electron chi connectivity index (χ4n) is 1.35. The van der Waals surface area contributed by atoms with Crippen LogP contribution in [0, 0.1) is 0 Å². The van der Waals surface area contributed by atoms with Crippen molar-refractivity contribution in [2.24, 2.45) is 0 Å². The van der Waals surface area contributed by atoms with Gasteiger partial charge in [-0.25, -0.2) is 0 Å². The van der Waals surface area contributed by atoms with E-state index < -0.39 is 5.97 Å². The van der Waals surface area contributed by atoms with Crippen molar-refractivity contribution in [2.75, 3.05) is 18.6 Å². The fourth-order valence-corrected chi connectivity index (χ4v) is 2.40. The third-order valence-corrected chi connectivity index (χ3v) is 4.08. The van der Waals surface area contributed by atoms with E-state index in [0.29, 0.717) is 16.6 Å². The smallest absolute Gasteiger partial charge is 0.313 e. The summed E-state index contributed by atoms with van der Waals surface area (Å²) in [5.74, 6) is -1.04. The molecule has 7 heteroatoms. The molecule has 1 aromatic rings. The number of benzene rings is 1. The number of halogens is 2. The van der Waals surface area contributed by atoms with Gasteiger partial charge < -0.3 is 10.0 Å². The summed E-state index contributed by atoms with van der Waals surface area (Å²) in [6.45, 7) is 0.339. The predicted molar refractivity (Wildman–Crippen MR) is 77.9 cm³/mol. The molecule has 0 aromatic heterocycles. The molecule has 104 valence electrons. The minimum absolute atomic E-state index is 0.0858. The van der Waals surface area contributed by atoms with Crippen LogP contribution in [0.2, 0.25) is 10.0 Å². The van der Waals surface area contributed by atoms with E-state index in [1.807, 2.05) is 0 Å². The number of rotatable bonds is 6. The molecule has 0 bridgehead atoms. The maximum atomic E-state index is 11.8. The van der Waals surface area contributed by atoms with E-state index in [9.17, 15) is 9.59 Å². The molecule has 1 amide bonds. The van der Waals surface area contributed by atoms with Gasteiger partial charge in [0.15, 0.2) is 0 Å². The number of nitrogens with zero attached hydrogens (tertiary/aromatic N) is 1. The molecule has 0 spiro atoms. The van der Waals surface area contributed by atoms with Crippen LogP contribution in [-0.4, -0.2) is 40.4 Å². The van der Waals surface area contributed by atoms with Crippen molar-refractivity contribution >= 4 is 46.8 Å². The van der Waals surface area contributed by atoms with Gasteiger partial charge in [0.05, 0.1) is 21.6 Å². The Morgan fingerprint density at radius 1 is 1.32 bits per heavy atom. The highest BCUT2D eigenvalue weighted by Crippen LogP contribution is 2.26. The molecule has 0 radical (unpaired) electrons. The number of aliphatic carboxylic acids is 1. The summed E-state index contributed by atoms with van der Waals surface area (Å²) in [4.78, 5) is 23.6. The van der Waals surface area contributed by atoms with Crippen molar-refractivity contribution in [3.8, 4) is 0 Å². The summed E-state index contributed by atoms with van der Waals surface area (Å²) in [5.41, 5.74) is 0.758. The molecule has 1 rings (SSSR count). The Balaban J connectivity index is 2.54. The monoisotopic (exact) mass is 321 g/mol. The summed E-state index contributed by atoms with van der Waals surface area (Å²) >= 11 is 13.0. The average Bonchev–Trinajstić information content (AvgIpc) is 2.34. The Morgan fingerprint density at radius 2 is 2.00 bits per heavy atom. The molecule has 1 N–H and O–H groups in total. The van der Waals surface area contributed by atoms with Crippen molar-refractivity contribution in [2.45, 2.75) is 6.54 Å². The molecule has 19 heavy (non-hydrogen) atoms. The Morgan fingerprint density at radius 3 is 2.63 bits per heavy atom. The van der Waals surface area contributed by atoms with Gasteiger partial charge in [-0.05, 0) is 11.6 Å². The number of hydrogen-bond acceptors (Lipinski definition) is 3. The third-order valence-electron chi connectivity index (χ3n) is 2.32. The first kappa shape index (κ1) is 16.1. The second kappa shape index (κ2) is 7.62. The van der Waals surface area contributed by atoms with Crippen LogP contribution in [0.1, 0.15) is 5.56 Å². The molecular formula is C12H13Cl2NO3S. The largest absolute Gasteiger partial charge is 0.481 e. The zero-order valence-electron chi connectivity index (χ0n) is 10.2. The van der Waals surface area contributed by atoms with Crippen LogP contribution in [0.3, 0.4) is 0 Å². The van der Waals surface area contributed by atoms with Gasteiger partial charge in [-0.3, -0.25) is 9.59 Å². The number of carboxylic acid groups (broad SMARTS) is 1. The van der Waals surface area contributed by atoms with E-state index in [2.05, 4.69) is 0 Å². The van der Waals surface area contributed by atoms with E-state index in [1.54, 1.807) is 25.2 Å². The Kier molecular flexibility index (Phi) is 6.48. The van der Waals surface area contributed by atoms with Crippen molar-refractivity contribution < 1.29 is 14.7 Å². The van der Waals surface area contributed by atoms with Crippen molar-refractivity contribution in [1.82, 2.24) is 4.90 Å². The molecule has 0 fully saturated rings. The number of carbonyl (C=O) groups excluding carboxylic acids is 1. The average molecular weight is 322 g/mol. The minimum atomic E-state index is -0.932. The third kappa shape index (κ3) is 5.30. The summed E-state index contributed by atoms with van der Waals surface area (Å²) in [6, 6.07) is 5.24. The zero-order valence-corrected chi connectivity index (χ0v) is 12.6. The Bertz CT molecular complexity index is 482. The van der Waals surface area contributed by atoms with Crippen molar-refractivity contribution in [3.05, 3.63) is 33.8 Å². The van der Waals surface area contributed by atoms with Crippen LogP contribution in [-0.2, 0) is 16.1 Å². The zero-order chi connectivity index (χ0) is 14.4. The summed E-state index contributed by atoms with van der Waals surface area (Å²) in [5, 5.41) is 9.37. The highest BCUT2D eigenvalue weighted by atomic mass is 35.5. The van der Waals surface area contributed by atoms with Crippen LogP contribution in [0.15, 0.2) is 18.2 Å². The summed E-state index contributed by atoms with van der Waals surface area (Å²) < 4.78 is 0. The predicted octanol–water partition coefficient (Wildman–Crippen LogP) is 2.77. The quantitative estimate of drug-likeness (QED) is 0.875. The Labute approximate surface area is 125 Å². The lowest BCUT2D eigenvalue weighted by Gasteiger charge is -2.18. The van der Waals surface area contributed by atoms with E-state index in [4.69, 9.17) is 28.3 Å². The van der Waals surface area contributed by atoms with E-state index in [0.717, 1.165) is 17.3 Å². The molecular weight excluding hydrogens is 309 g/mol. The fraction of sp³-hybridized carbons (Fsp3) is 0.333. The van der Waals surface area contributed by atoms with Gasteiger partial charge in [0, 0.05) is 13.6 Å². The maximum Gasteiger partial charge on any atom is 0.313 e. The van der Waals surface area contributed by atoms with Gasteiger partial charge in [0.25, 0.3) is 0 Å². The lowest BCUT2D eigenvalue weighted by atomic mass is 10.2. The molecule has 0 aliphatic heterocycles. The van der Waals surface area contributed by atoms with Crippen LogP contribution in [0.4, 0.5) is 0 Å². The van der Waals surface area contributed by atoms with Gasteiger partial charge >= 0.3 is 5.97 Å². The summed E-state index contributed by atoms with van der Waals surface area (Å²) in [7, 11) is 1.64. The number of carboxylic acids is 1. The van der Waals surface area contributed by atoms with Gasteiger partial charge in [0.1, 0.15) is 0 Å². The number of thioether (sulfide) groups is 1. The van der Waals surface area contributed by atoms with Gasteiger partial charge in [0.2, 0.25) is 5.91 Å². The number of amides is 1. The molecule has 0 heterocycles. The molecule has 0 atom stereocenters. The van der Waals surface area contributed by atoms with E-state index in [-0.39, 0.29) is 17.4 Å². The molecule has 0 aliphatic carbocycles. The molecule has 0 saturated carbocycles. The highest BCUT2D eigenvalue weighted by molar-refractivity contribution is 8.00. The van der Waals surface area contributed by atoms with Crippen LogP contribution < -0.4 is 0 Å². The van der Waals surface area contributed by atoms with Gasteiger partial charge in [-0.15, -0.1) is 11.8 Å². The molecule has 0 saturated heterocycles. The maximum absolute atomic E-state index is 11.8. The molecule has 0 aliphatic rings. The normalized spacial score (nSPS) is 10.3. The van der Waals surface area contributed by atoms with Gasteiger partial charge in [-0.2, -0.15) is 0 Å². The summed E-state index contributed by atoms with van der Waals surface area (Å²) in [6.07, 6.45) is 0. The van der Waals surface area contributed by atoms with Crippen LogP contribution >= 0.6 is 35.0 Å². The molecule has 1 aromatic carbocycles. The lowest BCUT2D eigenvalue weighted by molar-refractivity contribution is -0.133. The van der Waals surface area contributed by atoms with E-state index in [1.165, 1.54) is 4.90 Å². The second-order valence-corrected chi connectivity index (χ2v) is 5.62. The minimum Gasteiger partial charge on any atom is -0.481 e. The lowest BCUT2D eigenvalue weighted by Crippen LogP contribution is -2.28. The van der Waals surface area contributed by atoms with Crippen LogP contribution in [0.25, 0.3) is 0 Å². The van der Waals surface area contributed by atoms with Crippen LogP contribution in [0.5, 0.6) is 0 Å². The first-order valence-electron chi connectivity index (χ1n) is 5.38. The van der Waals surface area contributed by atoms with E-state index >= 15 is 0 Å². The standard InChI is InChI=1S/C12H13Cl2NO3S/c1-15(10(16)6-19-7-11(17)18)5-8-3-2-4-9(13)12(8)14/h2-4H,5-7H2,1H3,(H,17,18). The second-order valence-electron chi connectivity index (χ2n) is 3.85. The first-order chi connectivity index (χ1) is 8.91. The number of carbonyl (C=O) groups is 2. The van der Waals surface area contributed by atoms with Crippen molar-refractivity contribution in [3.63, 3.8) is 0 Å². The highest BCUT2D eigenvalue weighted by Gasteiger charge is 2.13. The molecule has 4 nitrogen and oxygen atoms in total. The number of hydrogen-bond donors (Lipinski definition) is 1. The molecule has 0 unspecified atom stereocenters. The Hall–Kier alpha value is -0.910. The SMILES string of the molecule is CN(Cc1cccc(Cl)c1Cl)C(=O)CSCC(=O)O. The topological polar surface area (TPSA) is 57.6 Å².